The van der Waals surface area contributed by atoms with Gasteiger partial charge < -0.3 is 9.15 Å². The third-order valence-corrected chi connectivity index (χ3v) is 5.11. The molecule has 1 saturated heterocycles. The number of hydrogen-bond donors (Lipinski definition) is 0. The largest absolute Gasteiger partial charge is 0.497 e. The summed E-state index contributed by atoms with van der Waals surface area (Å²) in [5, 5.41) is 0. The highest BCUT2D eigenvalue weighted by molar-refractivity contribution is 5.54. The standard InChI is InChI=1S/C22H23FN2O2/c1-26-21-9-7-17(8-10-21)22-24-19(15-27-22)14-25-11-3-6-20(25)13-16-4-2-5-18(23)12-16/h2,4-5,7-10,12,15,20H,3,6,11,13-14H2,1H3. The van der Waals surface area contributed by atoms with Crippen LogP contribution in [0.3, 0.4) is 0 Å². The van der Waals surface area contributed by atoms with Crippen LogP contribution in [0.2, 0.25) is 0 Å². The highest BCUT2D eigenvalue weighted by Gasteiger charge is 2.25. The van der Waals surface area contributed by atoms with E-state index in [0.717, 1.165) is 54.9 Å². The first-order chi connectivity index (χ1) is 13.2. The zero-order valence-electron chi connectivity index (χ0n) is 15.4. The van der Waals surface area contributed by atoms with Crippen LogP contribution in [0, 0.1) is 5.82 Å². The fraction of sp³-hybridized carbons (Fsp3) is 0.318. The molecule has 1 aromatic heterocycles. The predicted molar refractivity (Wildman–Crippen MR) is 102 cm³/mol. The second kappa shape index (κ2) is 7.92. The number of hydrogen-bond acceptors (Lipinski definition) is 4. The van der Waals surface area contributed by atoms with Crippen LogP contribution in [-0.4, -0.2) is 29.6 Å². The molecule has 0 spiro atoms. The lowest BCUT2D eigenvalue weighted by Crippen LogP contribution is -2.30. The third-order valence-electron chi connectivity index (χ3n) is 5.11. The van der Waals surface area contributed by atoms with Crippen LogP contribution < -0.4 is 4.74 Å². The van der Waals surface area contributed by atoms with Gasteiger partial charge in [0.15, 0.2) is 0 Å². The Hall–Kier alpha value is -2.66. The van der Waals surface area contributed by atoms with Crippen LogP contribution in [0.25, 0.3) is 11.5 Å². The van der Waals surface area contributed by atoms with E-state index < -0.39 is 0 Å². The van der Waals surface area contributed by atoms with E-state index >= 15 is 0 Å². The molecule has 3 aromatic rings. The highest BCUT2D eigenvalue weighted by Crippen LogP contribution is 2.26. The van der Waals surface area contributed by atoms with E-state index in [0.29, 0.717) is 11.9 Å². The number of methoxy groups -OCH3 is 1. The van der Waals surface area contributed by atoms with Crippen molar-refractivity contribution < 1.29 is 13.5 Å². The highest BCUT2D eigenvalue weighted by atomic mass is 19.1. The van der Waals surface area contributed by atoms with Crippen LogP contribution in [0.4, 0.5) is 4.39 Å². The molecule has 1 fully saturated rings. The molecule has 27 heavy (non-hydrogen) atoms. The van der Waals surface area contributed by atoms with E-state index in [1.807, 2.05) is 30.3 Å². The SMILES string of the molecule is COc1ccc(-c2nc(CN3CCCC3Cc3cccc(F)c3)co2)cc1. The number of halogens is 1. The average Bonchev–Trinajstić information content (AvgIpc) is 3.32. The number of nitrogens with zero attached hydrogens (tertiary/aromatic N) is 2. The summed E-state index contributed by atoms with van der Waals surface area (Å²) in [7, 11) is 1.65. The Morgan fingerprint density at radius 3 is 2.85 bits per heavy atom. The van der Waals surface area contributed by atoms with Gasteiger partial charge in [0.25, 0.3) is 0 Å². The van der Waals surface area contributed by atoms with Gasteiger partial charge in [0.05, 0.1) is 12.8 Å². The van der Waals surface area contributed by atoms with Crippen molar-refractivity contribution in [1.82, 2.24) is 9.88 Å². The van der Waals surface area contributed by atoms with Crippen molar-refractivity contribution in [2.75, 3.05) is 13.7 Å². The number of likely N-dealkylation sites (tertiary alicyclic amines) is 1. The van der Waals surface area contributed by atoms with Gasteiger partial charge in [-0.05, 0) is 67.8 Å². The van der Waals surface area contributed by atoms with E-state index in [1.165, 1.54) is 6.07 Å². The van der Waals surface area contributed by atoms with Crippen molar-refractivity contribution in [2.24, 2.45) is 0 Å². The molecule has 1 unspecified atom stereocenters. The summed E-state index contributed by atoms with van der Waals surface area (Å²) >= 11 is 0. The Labute approximate surface area is 158 Å². The van der Waals surface area contributed by atoms with E-state index in [9.17, 15) is 4.39 Å². The van der Waals surface area contributed by atoms with Gasteiger partial charge >= 0.3 is 0 Å². The van der Waals surface area contributed by atoms with Crippen molar-refractivity contribution in [1.29, 1.82) is 0 Å². The number of aromatic nitrogens is 1. The van der Waals surface area contributed by atoms with Crippen molar-refractivity contribution in [3.63, 3.8) is 0 Å². The topological polar surface area (TPSA) is 38.5 Å². The lowest BCUT2D eigenvalue weighted by molar-refractivity contribution is 0.241. The fourth-order valence-electron chi connectivity index (χ4n) is 3.72. The molecule has 0 amide bonds. The smallest absolute Gasteiger partial charge is 0.226 e. The first-order valence-electron chi connectivity index (χ1n) is 9.28. The van der Waals surface area contributed by atoms with Crippen LogP contribution in [-0.2, 0) is 13.0 Å². The minimum atomic E-state index is -0.169. The molecule has 5 heteroatoms. The van der Waals surface area contributed by atoms with Gasteiger partial charge in [-0.3, -0.25) is 4.90 Å². The van der Waals surface area contributed by atoms with Gasteiger partial charge in [0.1, 0.15) is 17.8 Å². The molecular formula is C22H23FN2O2. The number of benzene rings is 2. The maximum absolute atomic E-state index is 13.5. The second-order valence-electron chi connectivity index (χ2n) is 6.97. The molecule has 2 heterocycles. The minimum absolute atomic E-state index is 0.169. The van der Waals surface area contributed by atoms with E-state index in [1.54, 1.807) is 25.5 Å². The lowest BCUT2D eigenvalue weighted by Gasteiger charge is -2.23. The maximum atomic E-state index is 13.5. The number of ether oxygens (including phenoxy) is 1. The summed E-state index contributed by atoms with van der Waals surface area (Å²) in [6, 6.07) is 15.0. The monoisotopic (exact) mass is 366 g/mol. The van der Waals surface area contributed by atoms with Gasteiger partial charge in [-0.1, -0.05) is 12.1 Å². The molecule has 0 N–H and O–H groups in total. The molecule has 0 radical (unpaired) electrons. The molecule has 1 aliphatic rings. The summed E-state index contributed by atoms with van der Waals surface area (Å²) in [5.41, 5.74) is 2.90. The Kier molecular flexibility index (Phi) is 5.21. The first kappa shape index (κ1) is 17.7. The predicted octanol–water partition coefficient (Wildman–Crippen LogP) is 4.70. The zero-order chi connectivity index (χ0) is 18.6. The van der Waals surface area contributed by atoms with Crippen molar-refractivity contribution in [3.05, 3.63) is 71.9 Å². The maximum Gasteiger partial charge on any atom is 0.226 e. The fourth-order valence-corrected chi connectivity index (χ4v) is 3.72. The normalized spacial score (nSPS) is 17.3. The van der Waals surface area contributed by atoms with Gasteiger partial charge in [0.2, 0.25) is 5.89 Å². The van der Waals surface area contributed by atoms with Crippen molar-refractivity contribution >= 4 is 0 Å². The molecule has 0 aliphatic carbocycles. The van der Waals surface area contributed by atoms with Crippen LogP contribution >= 0.6 is 0 Å². The molecular weight excluding hydrogens is 343 g/mol. The van der Waals surface area contributed by atoms with Crippen molar-refractivity contribution in [2.45, 2.75) is 31.8 Å². The second-order valence-corrected chi connectivity index (χ2v) is 6.97. The molecule has 4 nitrogen and oxygen atoms in total. The Morgan fingerprint density at radius 1 is 1.22 bits per heavy atom. The van der Waals surface area contributed by atoms with Gasteiger partial charge in [-0.2, -0.15) is 0 Å². The van der Waals surface area contributed by atoms with Crippen LogP contribution in [0.5, 0.6) is 5.75 Å². The Bertz CT molecular complexity index is 891. The summed E-state index contributed by atoms with van der Waals surface area (Å²) in [6.45, 7) is 1.78. The summed E-state index contributed by atoms with van der Waals surface area (Å²) < 4.78 is 24.3. The van der Waals surface area contributed by atoms with Crippen molar-refractivity contribution in [3.8, 4) is 17.2 Å². The average molecular weight is 366 g/mol. The molecule has 1 atom stereocenters. The molecule has 4 rings (SSSR count). The summed E-state index contributed by atoms with van der Waals surface area (Å²) in [4.78, 5) is 7.06. The lowest BCUT2D eigenvalue weighted by atomic mass is 10.0. The molecule has 2 aromatic carbocycles. The van der Waals surface area contributed by atoms with Crippen LogP contribution in [0.1, 0.15) is 24.1 Å². The number of oxazole rings is 1. The minimum Gasteiger partial charge on any atom is -0.497 e. The van der Waals surface area contributed by atoms with Gasteiger partial charge in [-0.25, -0.2) is 9.37 Å². The quantitative estimate of drug-likeness (QED) is 0.634. The first-order valence-corrected chi connectivity index (χ1v) is 9.28. The Balaban J connectivity index is 1.43. The van der Waals surface area contributed by atoms with E-state index in [2.05, 4.69) is 9.88 Å². The molecule has 0 bridgehead atoms. The summed E-state index contributed by atoms with van der Waals surface area (Å²) in [6.07, 6.45) is 4.88. The van der Waals surface area contributed by atoms with Crippen LogP contribution in [0.15, 0.2) is 59.2 Å². The molecule has 140 valence electrons. The molecule has 0 saturated carbocycles. The zero-order valence-corrected chi connectivity index (χ0v) is 15.4. The Morgan fingerprint density at radius 2 is 2.07 bits per heavy atom. The third kappa shape index (κ3) is 4.19. The van der Waals surface area contributed by atoms with Gasteiger partial charge in [-0.15, -0.1) is 0 Å². The number of rotatable bonds is 6. The molecule has 1 aliphatic heterocycles. The van der Waals surface area contributed by atoms with E-state index in [-0.39, 0.29) is 5.82 Å². The van der Waals surface area contributed by atoms with Gasteiger partial charge in [0, 0.05) is 18.2 Å². The van der Waals surface area contributed by atoms with E-state index in [4.69, 9.17) is 9.15 Å². The summed E-state index contributed by atoms with van der Waals surface area (Å²) in [5.74, 6) is 1.26.